The van der Waals surface area contributed by atoms with Gasteiger partial charge in [-0.05, 0) is 12.1 Å². The molecule has 0 aliphatic carbocycles. The first-order chi connectivity index (χ1) is 11.3. The molecule has 0 saturated carbocycles. The van der Waals surface area contributed by atoms with Crippen LogP contribution in [0.1, 0.15) is 13.8 Å². The predicted molar refractivity (Wildman–Crippen MR) is 87.6 cm³/mol. The zero-order chi connectivity index (χ0) is 17.7. The van der Waals surface area contributed by atoms with Crippen LogP contribution in [0, 0.1) is 5.92 Å². The molecule has 1 aromatic rings. The fraction of sp³-hybridized carbons (Fsp3) is 0.500. The minimum absolute atomic E-state index is 0.223. The summed E-state index contributed by atoms with van der Waals surface area (Å²) >= 11 is 0. The second-order valence-electron chi connectivity index (χ2n) is 5.86. The van der Waals surface area contributed by atoms with Crippen LogP contribution in [0.4, 0.5) is 0 Å². The fourth-order valence-electron chi connectivity index (χ4n) is 2.31. The van der Waals surface area contributed by atoms with E-state index in [0.717, 1.165) is 0 Å². The van der Waals surface area contributed by atoms with Crippen LogP contribution in [-0.4, -0.2) is 62.3 Å². The third-order valence-corrected chi connectivity index (χ3v) is 5.69. The molecule has 0 unspecified atom stereocenters. The van der Waals surface area contributed by atoms with Gasteiger partial charge in [-0.1, -0.05) is 32.0 Å². The minimum Gasteiger partial charge on any atom is -0.455 e. The van der Waals surface area contributed by atoms with E-state index in [1.54, 1.807) is 44.2 Å². The first-order valence-electron chi connectivity index (χ1n) is 7.82. The van der Waals surface area contributed by atoms with Crippen LogP contribution in [0.3, 0.4) is 0 Å². The summed E-state index contributed by atoms with van der Waals surface area (Å²) in [6.07, 6.45) is 0. The standard InChI is InChI=1S/C16H22N2O5S/c1-13(2)16(20)23-12-15(19)17-8-10-18(11-9-17)24(21,22)14-6-4-3-5-7-14/h3-7,13H,8-12H2,1-2H3. The molecule has 0 spiro atoms. The highest BCUT2D eigenvalue weighted by molar-refractivity contribution is 7.89. The summed E-state index contributed by atoms with van der Waals surface area (Å²) in [7, 11) is -3.54. The minimum atomic E-state index is -3.54. The number of benzene rings is 1. The number of rotatable bonds is 5. The van der Waals surface area contributed by atoms with Crippen LogP contribution < -0.4 is 0 Å². The van der Waals surface area contributed by atoms with E-state index in [0.29, 0.717) is 0 Å². The zero-order valence-corrected chi connectivity index (χ0v) is 14.7. The van der Waals surface area contributed by atoms with Gasteiger partial charge in [0.1, 0.15) is 0 Å². The molecule has 132 valence electrons. The van der Waals surface area contributed by atoms with Crippen molar-refractivity contribution in [3.63, 3.8) is 0 Å². The molecule has 1 aliphatic heterocycles. The van der Waals surface area contributed by atoms with Gasteiger partial charge >= 0.3 is 5.97 Å². The van der Waals surface area contributed by atoms with Crippen molar-refractivity contribution in [3.05, 3.63) is 30.3 Å². The molecule has 24 heavy (non-hydrogen) atoms. The normalized spacial score (nSPS) is 16.2. The fourth-order valence-corrected chi connectivity index (χ4v) is 3.75. The van der Waals surface area contributed by atoms with E-state index in [1.807, 2.05) is 0 Å². The van der Waals surface area contributed by atoms with Crippen molar-refractivity contribution in [2.45, 2.75) is 18.7 Å². The van der Waals surface area contributed by atoms with Gasteiger partial charge < -0.3 is 9.64 Å². The molecule has 0 N–H and O–H groups in total. The highest BCUT2D eigenvalue weighted by Gasteiger charge is 2.30. The van der Waals surface area contributed by atoms with Gasteiger partial charge in [0.15, 0.2) is 6.61 Å². The van der Waals surface area contributed by atoms with Gasteiger partial charge in [-0.2, -0.15) is 4.31 Å². The average Bonchev–Trinajstić information content (AvgIpc) is 2.60. The number of nitrogens with zero attached hydrogens (tertiary/aromatic N) is 2. The van der Waals surface area contributed by atoms with Gasteiger partial charge in [0.2, 0.25) is 10.0 Å². The number of ether oxygens (including phenoxy) is 1. The van der Waals surface area contributed by atoms with Crippen molar-refractivity contribution in [2.24, 2.45) is 5.92 Å². The Labute approximate surface area is 142 Å². The Morgan fingerprint density at radius 3 is 2.21 bits per heavy atom. The van der Waals surface area contributed by atoms with Crippen molar-refractivity contribution in [2.75, 3.05) is 32.8 Å². The molecule has 0 bridgehead atoms. The molecule has 1 aromatic carbocycles. The van der Waals surface area contributed by atoms with Crippen molar-refractivity contribution >= 4 is 21.9 Å². The molecule has 0 aromatic heterocycles. The lowest BCUT2D eigenvalue weighted by Crippen LogP contribution is -2.51. The lowest BCUT2D eigenvalue weighted by molar-refractivity contribution is -0.155. The van der Waals surface area contributed by atoms with E-state index < -0.39 is 16.0 Å². The van der Waals surface area contributed by atoms with Crippen molar-refractivity contribution in [3.8, 4) is 0 Å². The molecule has 8 heteroatoms. The Morgan fingerprint density at radius 2 is 1.67 bits per heavy atom. The Kier molecular flexibility index (Phi) is 5.95. The summed E-state index contributed by atoms with van der Waals surface area (Å²) in [6, 6.07) is 8.22. The molecule has 0 atom stereocenters. The summed E-state index contributed by atoms with van der Waals surface area (Å²) in [4.78, 5) is 25.2. The number of carbonyl (C=O) groups excluding carboxylic acids is 2. The Hall–Kier alpha value is -1.93. The third-order valence-electron chi connectivity index (χ3n) is 3.78. The van der Waals surface area contributed by atoms with Crippen LogP contribution in [0.25, 0.3) is 0 Å². The molecular formula is C16H22N2O5S. The number of amides is 1. The van der Waals surface area contributed by atoms with E-state index in [2.05, 4.69) is 0 Å². The smallest absolute Gasteiger partial charge is 0.308 e. The summed E-state index contributed by atoms with van der Waals surface area (Å²) in [5.74, 6) is -1.01. The van der Waals surface area contributed by atoms with Gasteiger partial charge in [0, 0.05) is 26.2 Å². The summed E-state index contributed by atoms with van der Waals surface area (Å²) in [5.41, 5.74) is 0. The van der Waals surface area contributed by atoms with Gasteiger partial charge in [0.05, 0.1) is 10.8 Å². The van der Waals surface area contributed by atoms with Crippen molar-refractivity contribution < 1.29 is 22.7 Å². The Morgan fingerprint density at radius 1 is 1.08 bits per heavy atom. The topological polar surface area (TPSA) is 84.0 Å². The molecule has 1 heterocycles. The number of carbonyl (C=O) groups is 2. The third kappa shape index (κ3) is 4.33. The van der Waals surface area contributed by atoms with Crippen molar-refractivity contribution in [1.29, 1.82) is 0 Å². The van der Waals surface area contributed by atoms with E-state index in [1.165, 1.54) is 9.21 Å². The summed E-state index contributed by atoms with van der Waals surface area (Å²) in [5, 5.41) is 0. The number of piperazine rings is 1. The van der Waals surface area contributed by atoms with Gasteiger partial charge in [-0.15, -0.1) is 0 Å². The largest absolute Gasteiger partial charge is 0.455 e. The maximum absolute atomic E-state index is 12.5. The van der Waals surface area contributed by atoms with Gasteiger partial charge in [0.25, 0.3) is 5.91 Å². The molecule has 1 fully saturated rings. The summed E-state index contributed by atoms with van der Waals surface area (Å²) in [6.45, 7) is 4.10. The number of hydrogen-bond donors (Lipinski definition) is 0. The second kappa shape index (κ2) is 7.76. The molecule has 0 radical (unpaired) electrons. The van der Waals surface area contributed by atoms with Gasteiger partial charge in [-0.3, -0.25) is 9.59 Å². The Balaban J connectivity index is 1.89. The Bertz CT molecular complexity index is 680. The van der Waals surface area contributed by atoms with Gasteiger partial charge in [-0.25, -0.2) is 8.42 Å². The molecule has 2 rings (SSSR count). The summed E-state index contributed by atoms with van der Waals surface area (Å²) < 4.78 is 31.3. The highest BCUT2D eigenvalue weighted by Crippen LogP contribution is 2.17. The van der Waals surface area contributed by atoms with Crippen LogP contribution >= 0.6 is 0 Å². The molecular weight excluding hydrogens is 332 g/mol. The highest BCUT2D eigenvalue weighted by atomic mass is 32.2. The first-order valence-corrected chi connectivity index (χ1v) is 9.26. The maximum atomic E-state index is 12.5. The second-order valence-corrected chi connectivity index (χ2v) is 7.80. The van der Waals surface area contributed by atoms with Crippen molar-refractivity contribution in [1.82, 2.24) is 9.21 Å². The van der Waals surface area contributed by atoms with Crippen LogP contribution in [-0.2, 0) is 24.3 Å². The number of sulfonamides is 1. The first kappa shape index (κ1) is 18.4. The SMILES string of the molecule is CC(C)C(=O)OCC(=O)N1CCN(S(=O)(=O)c2ccccc2)CC1. The maximum Gasteiger partial charge on any atom is 0.308 e. The number of hydrogen-bond acceptors (Lipinski definition) is 5. The molecule has 7 nitrogen and oxygen atoms in total. The van der Waals surface area contributed by atoms with Crippen LogP contribution in [0.2, 0.25) is 0 Å². The van der Waals surface area contributed by atoms with Crippen LogP contribution in [0.15, 0.2) is 35.2 Å². The van der Waals surface area contributed by atoms with E-state index in [-0.39, 0.29) is 49.5 Å². The average molecular weight is 354 g/mol. The molecule has 1 aliphatic rings. The van der Waals surface area contributed by atoms with E-state index in [9.17, 15) is 18.0 Å². The monoisotopic (exact) mass is 354 g/mol. The molecule has 1 saturated heterocycles. The quantitative estimate of drug-likeness (QED) is 0.728. The number of esters is 1. The zero-order valence-electron chi connectivity index (χ0n) is 13.8. The van der Waals surface area contributed by atoms with E-state index >= 15 is 0 Å². The lowest BCUT2D eigenvalue weighted by atomic mass is 10.2. The lowest BCUT2D eigenvalue weighted by Gasteiger charge is -2.33. The van der Waals surface area contributed by atoms with E-state index in [4.69, 9.17) is 4.74 Å². The predicted octanol–water partition coefficient (Wildman–Crippen LogP) is 0.719. The molecule has 1 amide bonds. The van der Waals surface area contributed by atoms with Crippen LogP contribution in [0.5, 0.6) is 0 Å².